The molecule has 4 saturated carbocycles. The van der Waals surface area contributed by atoms with E-state index in [-0.39, 0.29) is 12.2 Å². The Morgan fingerprint density at radius 3 is 2.43 bits per heavy atom. The Labute approximate surface area is 142 Å². The van der Waals surface area contributed by atoms with Gasteiger partial charge in [-0.25, -0.2) is 0 Å². The van der Waals surface area contributed by atoms with E-state index >= 15 is 0 Å². The summed E-state index contributed by atoms with van der Waals surface area (Å²) in [7, 11) is 0. The van der Waals surface area contributed by atoms with Gasteiger partial charge in [-0.05, 0) is 85.4 Å². The predicted octanol–water partition coefficient (Wildman–Crippen LogP) is 4.39. The molecule has 4 aliphatic carbocycles. The second-order valence-corrected chi connectivity index (χ2v) is 9.98. The zero-order valence-electron chi connectivity index (χ0n) is 15.3. The van der Waals surface area contributed by atoms with Gasteiger partial charge in [-0.3, -0.25) is 0 Å². The second kappa shape index (κ2) is 5.46. The summed E-state index contributed by atoms with van der Waals surface area (Å²) in [6.07, 6.45) is 10.7. The van der Waals surface area contributed by atoms with E-state index < -0.39 is 0 Å². The third-order valence-electron chi connectivity index (χ3n) is 9.17. The number of hydrogen-bond donors (Lipinski definition) is 2. The summed E-state index contributed by atoms with van der Waals surface area (Å²) in [6, 6.07) is 0. The van der Waals surface area contributed by atoms with Gasteiger partial charge in [0.25, 0.3) is 0 Å². The summed E-state index contributed by atoms with van der Waals surface area (Å²) in [5.41, 5.74) is 0.853. The van der Waals surface area contributed by atoms with Crippen LogP contribution in [0.3, 0.4) is 0 Å². The van der Waals surface area contributed by atoms with Crippen molar-refractivity contribution in [3.8, 4) is 0 Å². The Hall–Kier alpha value is -0.0800. The Bertz CT molecular complexity index is 463. The highest BCUT2D eigenvalue weighted by atomic mass is 16.3. The van der Waals surface area contributed by atoms with Crippen LogP contribution in [0.25, 0.3) is 0 Å². The highest BCUT2D eigenvalue weighted by molar-refractivity contribution is 5.11. The van der Waals surface area contributed by atoms with Crippen molar-refractivity contribution in [2.24, 2.45) is 40.4 Å². The molecule has 132 valence electrons. The molecule has 0 bridgehead atoms. The van der Waals surface area contributed by atoms with Crippen LogP contribution in [0.15, 0.2) is 0 Å². The molecule has 4 rings (SSSR count). The molecule has 2 N–H and O–H groups in total. The van der Waals surface area contributed by atoms with Gasteiger partial charge in [0, 0.05) is 0 Å². The van der Waals surface area contributed by atoms with Crippen LogP contribution in [0.2, 0.25) is 0 Å². The maximum atomic E-state index is 11.4. The highest BCUT2D eigenvalue weighted by Crippen LogP contribution is 2.67. The molecule has 0 amide bonds. The lowest BCUT2D eigenvalue weighted by Crippen LogP contribution is -2.61. The van der Waals surface area contributed by atoms with Gasteiger partial charge in [0.1, 0.15) is 0 Å². The molecule has 9 atom stereocenters. The van der Waals surface area contributed by atoms with Crippen LogP contribution in [0, 0.1) is 40.4 Å². The zero-order chi connectivity index (χ0) is 16.4. The number of aliphatic hydroxyl groups excluding tert-OH is 2. The van der Waals surface area contributed by atoms with Crippen molar-refractivity contribution in [2.45, 2.75) is 90.8 Å². The molecule has 0 aromatic heterocycles. The maximum Gasteiger partial charge on any atom is 0.0605 e. The summed E-state index contributed by atoms with van der Waals surface area (Å²) in [5, 5.41) is 21.7. The molecule has 0 saturated heterocycles. The molecule has 2 heteroatoms. The summed E-state index contributed by atoms with van der Waals surface area (Å²) in [6.45, 7) is 7.28. The first-order chi connectivity index (χ1) is 10.9. The molecule has 0 spiro atoms. The number of aliphatic hydroxyl groups is 2. The molecule has 0 radical (unpaired) electrons. The minimum Gasteiger partial charge on any atom is -0.393 e. The largest absolute Gasteiger partial charge is 0.393 e. The van der Waals surface area contributed by atoms with Crippen molar-refractivity contribution >= 4 is 0 Å². The maximum absolute atomic E-state index is 11.4. The Kier molecular flexibility index (Phi) is 3.89. The topological polar surface area (TPSA) is 40.5 Å². The van der Waals surface area contributed by atoms with Gasteiger partial charge in [-0.1, -0.05) is 33.6 Å². The summed E-state index contributed by atoms with van der Waals surface area (Å²) in [4.78, 5) is 0. The average Bonchev–Trinajstić information content (AvgIpc) is 2.91. The van der Waals surface area contributed by atoms with E-state index in [1.165, 1.54) is 38.5 Å². The third-order valence-corrected chi connectivity index (χ3v) is 9.17. The molecule has 0 aromatic carbocycles. The molecule has 0 aliphatic heterocycles. The van der Waals surface area contributed by atoms with E-state index in [0.29, 0.717) is 34.5 Å². The average molecular weight is 321 g/mol. The van der Waals surface area contributed by atoms with E-state index in [9.17, 15) is 10.2 Å². The third kappa shape index (κ3) is 2.20. The Morgan fingerprint density at radius 1 is 0.913 bits per heavy atom. The first-order valence-electron chi connectivity index (χ1n) is 10.3. The Balaban J connectivity index is 1.73. The van der Waals surface area contributed by atoms with Crippen molar-refractivity contribution in [1.29, 1.82) is 0 Å². The first-order valence-corrected chi connectivity index (χ1v) is 10.3. The van der Waals surface area contributed by atoms with Crippen molar-refractivity contribution in [3.63, 3.8) is 0 Å². The molecule has 4 fully saturated rings. The summed E-state index contributed by atoms with van der Waals surface area (Å²) >= 11 is 0. The van der Waals surface area contributed by atoms with E-state index in [0.717, 1.165) is 25.2 Å². The normalized spacial score (nSPS) is 59.1. The molecule has 4 aliphatic rings. The van der Waals surface area contributed by atoms with Crippen molar-refractivity contribution in [1.82, 2.24) is 0 Å². The van der Waals surface area contributed by atoms with Crippen molar-refractivity contribution < 1.29 is 10.2 Å². The lowest BCUT2D eigenvalue weighted by molar-refractivity contribution is -0.198. The molecule has 9 unspecified atom stereocenters. The zero-order valence-corrected chi connectivity index (χ0v) is 15.3. The summed E-state index contributed by atoms with van der Waals surface area (Å²) in [5.74, 6) is 2.89. The molecular formula is C21H36O2. The Morgan fingerprint density at radius 2 is 1.70 bits per heavy atom. The molecular weight excluding hydrogens is 284 g/mol. The smallest absolute Gasteiger partial charge is 0.0605 e. The van der Waals surface area contributed by atoms with E-state index in [1.807, 2.05) is 0 Å². The first kappa shape index (κ1) is 16.4. The van der Waals surface area contributed by atoms with Crippen LogP contribution in [0.1, 0.15) is 78.6 Å². The minimum absolute atomic E-state index is 0.129. The second-order valence-electron chi connectivity index (χ2n) is 9.98. The van der Waals surface area contributed by atoms with Crippen LogP contribution in [0.5, 0.6) is 0 Å². The van der Waals surface area contributed by atoms with Gasteiger partial charge in [0.05, 0.1) is 12.2 Å². The van der Waals surface area contributed by atoms with Gasteiger partial charge >= 0.3 is 0 Å². The van der Waals surface area contributed by atoms with Gasteiger partial charge in [-0.2, -0.15) is 0 Å². The number of rotatable bonds is 1. The van der Waals surface area contributed by atoms with Crippen molar-refractivity contribution in [2.75, 3.05) is 0 Å². The highest BCUT2D eigenvalue weighted by Gasteiger charge is 2.62. The molecule has 23 heavy (non-hydrogen) atoms. The van der Waals surface area contributed by atoms with Crippen LogP contribution in [0.4, 0.5) is 0 Å². The number of hydrogen-bond acceptors (Lipinski definition) is 2. The van der Waals surface area contributed by atoms with E-state index in [2.05, 4.69) is 20.8 Å². The minimum atomic E-state index is -0.133. The van der Waals surface area contributed by atoms with E-state index in [4.69, 9.17) is 0 Å². The summed E-state index contributed by atoms with van der Waals surface area (Å²) < 4.78 is 0. The van der Waals surface area contributed by atoms with E-state index in [1.54, 1.807) is 0 Å². The standard InChI is InChI=1S/C21H36O2/c1-4-14-17-12-13(22)7-11-21(17,3)16-8-10-20(2)9-5-6-15(20)18(16)19(14)23/h13-19,22-23H,4-12H2,1-3H3. The van der Waals surface area contributed by atoms with Gasteiger partial charge in [0.15, 0.2) is 0 Å². The van der Waals surface area contributed by atoms with Gasteiger partial charge in [0.2, 0.25) is 0 Å². The van der Waals surface area contributed by atoms with Gasteiger partial charge < -0.3 is 10.2 Å². The molecule has 0 heterocycles. The van der Waals surface area contributed by atoms with Gasteiger partial charge in [-0.15, -0.1) is 0 Å². The van der Waals surface area contributed by atoms with Crippen LogP contribution in [-0.4, -0.2) is 22.4 Å². The monoisotopic (exact) mass is 320 g/mol. The van der Waals surface area contributed by atoms with Crippen LogP contribution >= 0.6 is 0 Å². The molecule has 2 nitrogen and oxygen atoms in total. The fourth-order valence-electron chi connectivity index (χ4n) is 7.95. The lowest BCUT2D eigenvalue weighted by Gasteiger charge is -2.64. The fourth-order valence-corrected chi connectivity index (χ4v) is 7.95. The fraction of sp³-hybridized carbons (Fsp3) is 1.00. The lowest BCUT2D eigenvalue weighted by atomic mass is 9.42. The quantitative estimate of drug-likeness (QED) is 0.752. The SMILES string of the molecule is CCC1C(O)C2C3CCCC3(C)CCC2C2(C)CCC(O)CC12. The van der Waals surface area contributed by atoms with Crippen LogP contribution < -0.4 is 0 Å². The number of fused-ring (bicyclic) bond motifs is 5. The van der Waals surface area contributed by atoms with Crippen LogP contribution in [-0.2, 0) is 0 Å². The predicted molar refractivity (Wildman–Crippen MR) is 92.9 cm³/mol. The van der Waals surface area contributed by atoms with Crippen molar-refractivity contribution in [3.05, 3.63) is 0 Å². The molecule has 0 aromatic rings.